The summed E-state index contributed by atoms with van der Waals surface area (Å²) in [5.41, 5.74) is 0.321. The number of hydrogen-bond acceptors (Lipinski definition) is 3. The summed E-state index contributed by atoms with van der Waals surface area (Å²) < 4.78 is 11.4. The third kappa shape index (κ3) is 4.32. The van der Waals surface area contributed by atoms with Gasteiger partial charge in [-0.1, -0.05) is 36.7 Å². The second-order valence-corrected chi connectivity index (χ2v) is 7.93. The van der Waals surface area contributed by atoms with Crippen molar-refractivity contribution in [3.05, 3.63) is 18.2 Å². The quantitative estimate of drug-likeness (QED) is 0.557. The molecule has 0 saturated carbocycles. The maximum atomic E-state index is 5.74. The largest absolute Gasteiger partial charge is 0.490 e. The van der Waals surface area contributed by atoms with Crippen molar-refractivity contribution in [3.8, 4) is 11.5 Å². The molecule has 0 bridgehead atoms. The van der Waals surface area contributed by atoms with Crippen molar-refractivity contribution in [2.45, 2.75) is 32.1 Å². The summed E-state index contributed by atoms with van der Waals surface area (Å²) in [5, 5.41) is 1.04. The first-order chi connectivity index (χ1) is 9.50. The standard InChI is InChI=1S/C16H23BrO2S/c1-16(2,3)12(10-17)11-20-13-5-6-14-15(9-13)19-8-4-7-18-14/h5-6,9,12H,4,7-8,10-11H2,1-3H3. The fraction of sp³-hybridized carbons (Fsp3) is 0.625. The van der Waals surface area contributed by atoms with E-state index in [1.807, 2.05) is 17.8 Å². The summed E-state index contributed by atoms with van der Waals surface area (Å²) in [6.45, 7) is 8.39. The molecule has 1 aliphatic heterocycles. The second-order valence-electron chi connectivity index (χ2n) is 6.19. The van der Waals surface area contributed by atoms with Crippen LogP contribution in [0.4, 0.5) is 0 Å². The lowest BCUT2D eigenvalue weighted by Gasteiger charge is -2.28. The molecular formula is C16H23BrO2S. The van der Waals surface area contributed by atoms with Crippen molar-refractivity contribution in [1.82, 2.24) is 0 Å². The van der Waals surface area contributed by atoms with Crippen molar-refractivity contribution in [2.24, 2.45) is 11.3 Å². The summed E-state index contributed by atoms with van der Waals surface area (Å²) in [5.74, 6) is 3.51. The lowest BCUT2D eigenvalue weighted by atomic mass is 9.83. The Balaban J connectivity index is 2.01. The Bertz CT molecular complexity index is 443. The molecule has 0 saturated heterocycles. The van der Waals surface area contributed by atoms with Crippen LogP contribution in [0.1, 0.15) is 27.2 Å². The van der Waals surface area contributed by atoms with Gasteiger partial charge in [0.25, 0.3) is 0 Å². The smallest absolute Gasteiger partial charge is 0.162 e. The first-order valence-electron chi connectivity index (χ1n) is 7.09. The number of halogens is 1. The van der Waals surface area contributed by atoms with Gasteiger partial charge in [0, 0.05) is 22.4 Å². The van der Waals surface area contributed by atoms with Gasteiger partial charge in [0.1, 0.15) is 0 Å². The first-order valence-corrected chi connectivity index (χ1v) is 9.20. The van der Waals surface area contributed by atoms with E-state index in [0.29, 0.717) is 11.3 Å². The maximum Gasteiger partial charge on any atom is 0.162 e. The summed E-state index contributed by atoms with van der Waals surface area (Å²) >= 11 is 5.53. The highest BCUT2D eigenvalue weighted by atomic mass is 79.9. The van der Waals surface area contributed by atoms with Crippen LogP contribution in [0.25, 0.3) is 0 Å². The lowest BCUT2D eigenvalue weighted by molar-refractivity contribution is 0.295. The third-order valence-electron chi connectivity index (χ3n) is 3.58. The van der Waals surface area contributed by atoms with E-state index < -0.39 is 0 Å². The molecular weight excluding hydrogens is 336 g/mol. The molecule has 0 aromatic heterocycles. The molecule has 112 valence electrons. The highest BCUT2D eigenvalue weighted by Gasteiger charge is 2.23. The van der Waals surface area contributed by atoms with Gasteiger partial charge in [-0.25, -0.2) is 0 Å². The average Bonchev–Trinajstić information content (AvgIpc) is 2.62. The third-order valence-corrected chi connectivity index (χ3v) is 5.52. The molecule has 0 amide bonds. The number of hydrogen-bond donors (Lipinski definition) is 0. The zero-order valence-corrected chi connectivity index (χ0v) is 14.9. The molecule has 1 aromatic rings. The van der Waals surface area contributed by atoms with E-state index in [1.54, 1.807) is 0 Å². The van der Waals surface area contributed by atoms with Crippen LogP contribution in [0.3, 0.4) is 0 Å². The van der Waals surface area contributed by atoms with Crippen molar-refractivity contribution in [3.63, 3.8) is 0 Å². The molecule has 1 aromatic carbocycles. The van der Waals surface area contributed by atoms with Gasteiger partial charge in [-0.2, -0.15) is 0 Å². The predicted octanol–water partition coefficient (Wildman–Crippen LogP) is 5.00. The van der Waals surface area contributed by atoms with Crippen molar-refractivity contribution >= 4 is 27.7 Å². The normalized spacial score (nSPS) is 16.6. The fourth-order valence-electron chi connectivity index (χ4n) is 1.96. The molecule has 0 radical (unpaired) electrons. The van der Waals surface area contributed by atoms with Gasteiger partial charge < -0.3 is 9.47 Å². The molecule has 1 atom stereocenters. The van der Waals surface area contributed by atoms with E-state index in [2.05, 4.69) is 48.8 Å². The molecule has 2 rings (SSSR count). The molecule has 0 fully saturated rings. The molecule has 0 spiro atoms. The van der Waals surface area contributed by atoms with Crippen LogP contribution in [-0.4, -0.2) is 24.3 Å². The number of fused-ring (bicyclic) bond motifs is 1. The number of ether oxygens (including phenoxy) is 2. The Morgan fingerprint density at radius 1 is 1.20 bits per heavy atom. The molecule has 2 nitrogen and oxygen atoms in total. The lowest BCUT2D eigenvalue weighted by Crippen LogP contribution is -2.23. The summed E-state index contributed by atoms with van der Waals surface area (Å²) in [4.78, 5) is 1.25. The SMILES string of the molecule is CC(C)(C)C(CBr)CSc1ccc2c(c1)OCCCO2. The van der Waals surface area contributed by atoms with Crippen LogP contribution in [0.5, 0.6) is 11.5 Å². The number of thioether (sulfide) groups is 1. The maximum absolute atomic E-state index is 5.74. The Morgan fingerprint density at radius 3 is 2.55 bits per heavy atom. The Morgan fingerprint density at radius 2 is 1.90 bits per heavy atom. The zero-order valence-electron chi connectivity index (χ0n) is 12.4. The van der Waals surface area contributed by atoms with E-state index in [0.717, 1.165) is 42.2 Å². The van der Waals surface area contributed by atoms with Crippen molar-refractivity contribution < 1.29 is 9.47 Å². The van der Waals surface area contributed by atoms with E-state index in [1.165, 1.54) is 4.90 Å². The Kier molecular flexibility index (Phi) is 5.67. The topological polar surface area (TPSA) is 18.5 Å². The summed E-state index contributed by atoms with van der Waals surface area (Å²) in [6, 6.07) is 6.27. The first kappa shape index (κ1) is 16.0. The zero-order chi connectivity index (χ0) is 14.6. The molecule has 0 N–H and O–H groups in total. The van der Waals surface area contributed by atoms with E-state index in [4.69, 9.17) is 9.47 Å². The molecule has 0 aliphatic carbocycles. The highest BCUT2D eigenvalue weighted by molar-refractivity contribution is 9.09. The highest BCUT2D eigenvalue weighted by Crippen LogP contribution is 2.37. The van der Waals surface area contributed by atoms with Gasteiger partial charge in [-0.05, 0) is 29.5 Å². The van der Waals surface area contributed by atoms with Crippen LogP contribution < -0.4 is 9.47 Å². The molecule has 20 heavy (non-hydrogen) atoms. The van der Waals surface area contributed by atoms with E-state index >= 15 is 0 Å². The summed E-state index contributed by atoms with van der Waals surface area (Å²) in [6.07, 6.45) is 0.951. The number of rotatable bonds is 4. The van der Waals surface area contributed by atoms with Gasteiger partial charge in [0.15, 0.2) is 11.5 Å². The van der Waals surface area contributed by atoms with E-state index in [-0.39, 0.29) is 0 Å². The van der Waals surface area contributed by atoms with Crippen LogP contribution in [-0.2, 0) is 0 Å². The monoisotopic (exact) mass is 358 g/mol. The van der Waals surface area contributed by atoms with Crippen LogP contribution in [0.2, 0.25) is 0 Å². The Labute approximate surface area is 134 Å². The van der Waals surface area contributed by atoms with Gasteiger partial charge in [0.05, 0.1) is 13.2 Å². The predicted molar refractivity (Wildman–Crippen MR) is 89.5 cm³/mol. The minimum Gasteiger partial charge on any atom is -0.490 e. The molecule has 4 heteroatoms. The molecule has 1 heterocycles. The molecule has 1 unspecified atom stereocenters. The van der Waals surface area contributed by atoms with Crippen LogP contribution >= 0.6 is 27.7 Å². The fourth-order valence-corrected chi connectivity index (χ4v) is 4.83. The van der Waals surface area contributed by atoms with Gasteiger partial charge in [-0.15, -0.1) is 11.8 Å². The van der Waals surface area contributed by atoms with Crippen molar-refractivity contribution in [1.29, 1.82) is 0 Å². The van der Waals surface area contributed by atoms with Crippen molar-refractivity contribution in [2.75, 3.05) is 24.3 Å². The number of alkyl halides is 1. The van der Waals surface area contributed by atoms with E-state index in [9.17, 15) is 0 Å². The summed E-state index contributed by atoms with van der Waals surface area (Å²) in [7, 11) is 0. The number of benzene rings is 1. The average molecular weight is 359 g/mol. The van der Waals surface area contributed by atoms with Gasteiger partial charge in [-0.3, -0.25) is 0 Å². The minimum atomic E-state index is 0.321. The Hall–Kier alpha value is -0.350. The van der Waals surface area contributed by atoms with Gasteiger partial charge in [0.2, 0.25) is 0 Å². The minimum absolute atomic E-state index is 0.321. The molecule has 1 aliphatic rings. The second kappa shape index (κ2) is 7.08. The van der Waals surface area contributed by atoms with Crippen LogP contribution in [0, 0.1) is 11.3 Å². The van der Waals surface area contributed by atoms with Crippen LogP contribution in [0.15, 0.2) is 23.1 Å². The van der Waals surface area contributed by atoms with Gasteiger partial charge >= 0.3 is 0 Å².